The Morgan fingerprint density at radius 1 is 1.48 bits per heavy atom. The number of nitrogen functional groups attached to an aromatic ring is 1. The summed E-state index contributed by atoms with van der Waals surface area (Å²) in [6.45, 7) is 0.149. The van der Waals surface area contributed by atoms with Crippen LogP contribution in [0.25, 0.3) is 0 Å². The fourth-order valence-corrected chi connectivity index (χ4v) is 1.87. The van der Waals surface area contributed by atoms with Gasteiger partial charge in [-0.2, -0.15) is 0 Å². The Morgan fingerprint density at radius 2 is 2.19 bits per heavy atom. The number of ether oxygens (including phenoxy) is 1. The van der Waals surface area contributed by atoms with Gasteiger partial charge in [0.05, 0.1) is 19.3 Å². The molecular formula is C14H21F2N3O2. The lowest BCUT2D eigenvalue weighted by atomic mass is 10.2. The number of hydrogen-bond donors (Lipinski definition) is 2. The summed E-state index contributed by atoms with van der Waals surface area (Å²) in [5.41, 5.74) is 6.68. The van der Waals surface area contributed by atoms with Gasteiger partial charge in [-0.25, -0.2) is 8.78 Å². The number of amides is 1. The van der Waals surface area contributed by atoms with Gasteiger partial charge >= 0.3 is 0 Å². The number of anilines is 2. The highest BCUT2D eigenvalue weighted by atomic mass is 19.3. The van der Waals surface area contributed by atoms with Crippen molar-refractivity contribution in [1.29, 1.82) is 0 Å². The molecular weight excluding hydrogens is 280 g/mol. The molecule has 5 nitrogen and oxygen atoms in total. The maximum atomic E-state index is 12.1. The van der Waals surface area contributed by atoms with Crippen LogP contribution in [0.15, 0.2) is 18.2 Å². The number of nitrogens with one attached hydrogen (secondary N) is 1. The quantitative estimate of drug-likeness (QED) is 0.722. The van der Waals surface area contributed by atoms with Gasteiger partial charge in [0, 0.05) is 12.1 Å². The van der Waals surface area contributed by atoms with E-state index in [1.807, 2.05) is 0 Å². The number of alkyl halides is 2. The molecule has 118 valence electrons. The van der Waals surface area contributed by atoms with Crippen molar-refractivity contribution in [2.75, 3.05) is 38.3 Å². The Morgan fingerprint density at radius 3 is 2.81 bits per heavy atom. The molecule has 0 aliphatic rings. The molecule has 0 saturated carbocycles. The fraction of sp³-hybridized carbons (Fsp3) is 0.500. The minimum absolute atomic E-state index is 0.204. The molecule has 21 heavy (non-hydrogen) atoms. The smallest absolute Gasteiger partial charge is 0.251 e. The predicted octanol–water partition coefficient (Wildman–Crippen LogP) is 2.19. The number of nitrogens with zero attached hydrogens (tertiary/aromatic N) is 1. The molecule has 0 fully saturated rings. The Kier molecular flexibility index (Phi) is 6.87. The molecule has 0 heterocycles. The number of halogens is 2. The first kappa shape index (κ1) is 17.2. The molecule has 0 bridgehead atoms. The zero-order valence-corrected chi connectivity index (χ0v) is 12.2. The summed E-state index contributed by atoms with van der Waals surface area (Å²) in [5.74, 6) is 0.316. The third-order valence-electron chi connectivity index (χ3n) is 2.89. The van der Waals surface area contributed by atoms with Gasteiger partial charge in [0.15, 0.2) is 0 Å². The summed E-state index contributed by atoms with van der Waals surface area (Å²) >= 11 is 0. The number of methoxy groups -OCH3 is 1. The molecule has 0 radical (unpaired) electrons. The molecule has 7 heteroatoms. The van der Waals surface area contributed by atoms with Crippen molar-refractivity contribution in [2.24, 2.45) is 0 Å². The summed E-state index contributed by atoms with van der Waals surface area (Å²) < 4.78 is 29.4. The topological polar surface area (TPSA) is 67.6 Å². The first-order valence-corrected chi connectivity index (χ1v) is 6.62. The van der Waals surface area contributed by atoms with Crippen molar-refractivity contribution in [1.82, 2.24) is 4.90 Å². The van der Waals surface area contributed by atoms with Gasteiger partial charge in [0.1, 0.15) is 5.75 Å². The molecule has 0 spiro atoms. The monoisotopic (exact) mass is 301 g/mol. The van der Waals surface area contributed by atoms with E-state index in [2.05, 4.69) is 5.32 Å². The molecule has 0 saturated heterocycles. The number of benzene rings is 1. The number of rotatable bonds is 8. The van der Waals surface area contributed by atoms with Gasteiger partial charge in [0.25, 0.3) is 6.43 Å². The van der Waals surface area contributed by atoms with Crippen molar-refractivity contribution in [3.63, 3.8) is 0 Å². The highest BCUT2D eigenvalue weighted by Gasteiger charge is 2.10. The normalized spacial score (nSPS) is 11.0. The Bertz CT molecular complexity index is 470. The van der Waals surface area contributed by atoms with E-state index in [0.717, 1.165) is 0 Å². The van der Waals surface area contributed by atoms with Crippen molar-refractivity contribution in [3.8, 4) is 5.75 Å². The molecule has 1 rings (SSSR count). The first-order chi connectivity index (χ1) is 9.92. The van der Waals surface area contributed by atoms with E-state index in [0.29, 0.717) is 30.1 Å². The lowest BCUT2D eigenvalue weighted by molar-refractivity contribution is -0.116. The predicted molar refractivity (Wildman–Crippen MR) is 78.8 cm³/mol. The summed E-state index contributed by atoms with van der Waals surface area (Å²) in [6.07, 6.45) is -1.62. The van der Waals surface area contributed by atoms with Gasteiger partial charge in [0.2, 0.25) is 5.91 Å². The largest absolute Gasteiger partial charge is 0.495 e. The zero-order valence-electron chi connectivity index (χ0n) is 12.2. The fourth-order valence-electron chi connectivity index (χ4n) is 1.87. The van der Waals surface area contributed by atoms with Crippen LogP contribution in [0.1, 0.15) is 12.8 Å². The second-order valence-corrected chi connectivity index (χ2v) is 4.76. The lowest BCUT2D eigenvalue weighted by Gasteiger charge is -2.15. The minimum atomic E-state index is -2.36. The third kappa shape index (κ3) is 6.40. The molecule has 0 aromatic heterocycles. The molecule has 3 N–H and O–H groups in total. The number of nitrogens with two attached hydrogens (primary N) is 1. The van der Waals surface area contributed by atoms with E-state index in [1.54, 1.807) is 25.2 Å². The van der Waals surface area contributed by atoms with E-state index >= 15 is 0 Å². The van der Waals surface area contributed by atoms with Crippen LogP contribution in [-0.4, -0.2) is 44.5 Å². The molecule has 0 atom stereocenters. The number of carbonyl (C=O) groups excluding carboxylic acids is 1. The SMILES string of the molecule is COc1ccc(N)cc1NC(=O)CCCN(C)CC(F)F. The summed E-state index contributed by atoms with van der Waals surface area (Å²) in [5, 5.41) is 2.71. The number of carbonyl (C=O) groups is 1. The van der Waals surface area contributed by atoms with Crippen LogP contribution in [0.5, 0.6) is 5.75 Å². The van der Waals surface area contributed by atoms with E-state index in [-0.39, 0.29) is 18.9 Å². The Balaban J connectivity index is 2.42. The van der Waals surface area contributed by atoms with Crippen LogP contribution in [-0.2, 0) is 4.79 Å². The van der Waals surface area contributed by atoms with Crippen molar-refractivity contribution < 1.29 is 18.3 Å². The van der Waals surface area contributed by atoms with Crippen LogP contribution in [0.4, 0.5) is 20.2 Å². The second-order valence-electron chi connectivity index (χ2n) is 4.76. The van der Waals surface area contributed by atoms with E-state index < -0.39 is 6.43 Å². The summed E-state index contributed by atoms with van der Waals surface area (Å²) in [4.78, 5) is 13.3. The van der Waals surface area contributed by atoms with Crippen LogP contribution in [0.2, 0.25) is 0 Å². The van der Waals surface area contributed by atoms with Crippen LogP contribution < -0.4 is 15.8 Å². The molecule has 1 aromatic carbocycles. The molecule has 0 unspecified atom stereocenters. The van der Waals surface area contributed by atoms with E-state index in [9.17, 15) is 13.6 Å². The average Bonchev–Trinajstić information content (AvgIpc) is 2.38. The van der Waals surface area contributed by atoms with Gasteiger partial charge in [-0.15, -0.1) is 0 Å². The molecule has 1 amide bonds. The van der Waals surface area contributed by atoms with Gasteiger partial charge < -0.3 is 20.7 Å². The van der Waals surface area contributed by atoms with Crippen LogP contribution >= 0.6 is 0 Å². The van der Waals surface area contributed by atoms with Crippen molar-refractivity contribution in [2.45, 2.75) is 19.3 Å². The molecule has 0 aliphatic heterocycles. The highest BCUT2D eigenvalue weighted by Crippen LogP contribution is 2.26. The number of hydrogen-bond acceptors (Lipinski definition) is 4. The average molecular weight is 301 g/mol. The van der Waals surface area contributed by atoms with Gasteiger partial charge in [-0.3, -0.25) is 4.79 Å². The second kappa shape index (κ2) is 8.41. The lowest BCUT2D eigenvalue weighted by Crippen LogP contribution is -2.26. The van der Waals surface area contributed by atoms with Gasteiger partial charge in [-0.05, 0) is 38.2 Å². The van der Waals surface area contributed by atoms with E-state index in [1.165, 1.54) is 12.0 Å². The maximum absolute atomic E-state index is 12.1. The highest BCUT2D eigenvalue weighted by molar-refractivity contribution is 5.92. The van der Waals surface area contributed by atoms with Crippen LogP contribution in [0, 0.1) is 0 Å². The van der Waals surface area contributed by atoms with Crippen molar-refractivity contribution in [3.05, 3.63) is 18.2 Å². The van der Waals surface area contributed by atoms with Crippen LogP contribution in [0.3, 0.4) is 0 Å². The minimum Gasteiger partial charge on any atom is -0.495 e. The Labute approximate surface area is 123 Å². The zero-order chi connectivity index (χ0) is 15.8. The standard InChI is InChI=1S/C14H21F2N3O2/c1-19(9-13(15)16)7-3-4-14(20)18-11-8-10(17)5-6-12(11)21-2/h5-6,8,13H,3-4,7,9,17H2,1-2H3,(H,18,20). The first-order valence-electron chi connectivity index (χ1n) is 6.62. The summed E-state index contributed by atoms with van der Waals surface area (Å²) in [6, 6.07) is 4.95. The van der Waals surface area contributed by atoms with Crippen molar-refractivity contribution >= 4 is 17.3 Å². The Hall–Kier alpha value is -1.89. The molecule has 1 aromatic rings. The van der Waals surface area contributed by atoms with Gasteiger partial charge in [-0.1, -0.05) is 0 Å². The maximum Gasteiger partial charge on any atom is 0.251 e. The molecule has 0 aliphatic carbocycles. The van der Waals surface area contributed by atoms with E-state index in [4.69, 9.17) is 10.5 Å². The summed E-state index contributed by atoms with van der Waals surface area (Å²) in [7, 11) is 3.10. The third-order valence-corrected chi connectivity index (χ3v) is 2.89.